The standard InChI is InChI=1S/C21H20N4OS.ClH/c1-12-7-14(8-16-11-25(2)24-19(12)16)15-9-17(26)20-18(10-15)27-21(23-20)13-3-5-22-6-4-13;/h3,7-11,22,26H,4-6H2,1-2H3;1H. The van der Waals surface area contributed by atoms with Crippen LogP contribution in [0.1, 0.15) is 17.0 Å². The van der Waals surface area contributed by atoms with E-state index in [0.29, 0.717) is 5.52 Å². The van der Waals surface area contributed by atoms with Gasteiger partial charge in [0.25, 0.3) is 0 Å². The van der Waals surface area contributed by atoms with Crippen LogP contribution in [0.4, 0.5) is 0 Å². The first-order chi connectivity index (χ1) is 13.1. The van der Waals surface area contributed by atoms with E-state index >= 15 is 0 Å². The molecule has 0 saturated heterocycles. The third kappa shape index (κ3) is 3.17. The lowest BCUT2D eigenvalue weighted by Crippen LogP contribution is -2.19. The van der Waals surface area contributed by atoms with E-state index in [0.717, 1.165) is 56.8 Å². The molecule has 0 unspecified atom stereocenters. The van der Waals surface area contributed by atoms with Gasteiger partial charge in [0.05, 0.1) is 10.2 Å². The van der Waals surface area contributed by atoms with Crippen molar-refractivity contribution in [2.24, 2.45) is 7.05 Å². The zero-order valence-corrected chi connectivity index (χ0v) is 17.3. The Morgan fingerprint density at radius 2 is 1.96 bits per heavy atom. The molecule has 28 heavy (non-hydrogen) atoms. The predicted octanol–water partition coefficient (Wildman–Crippen LogP) is 4.66. The number of nitrogens with zero attached hydrogens (tertiary/aromatic N) is 3. The molecule has 1 aliphatic heterocycles. The largest absolute Gasteiger partial charge is 0.506 e. The Bertz CT molecular complexity index is 1220. The Morgan fingerprint density at radius 1 is 1.14 bits per heavy atom. The maximum absolute atomic E-state index is 10.6. The number of phenols is 1. The van der Waals surface area contributed by atoms with E-state index in [2.05, 4.69) is 41.6 Å². The zero-order valence-electron chi connectivity index (χ0n) is 15.7. The van der Waals surface area contributed by atoms with E-state index < -0.39 is 0 Å². The van der Waals surface area contributed by atoms with Crippen LogP contribution in [0.5, 0.6) is 5.75 Å². The van der Waals surface area contributed by atoms with Crippen molar-refractivity contribution in [1.29, 1.82) is 0 Å². The number of nitrogens with one attached hydrogen (secondary N) is 1. The molecule has 5 nitrogen and oxygen atoms in total. The Labute approximate surface area is 173 Å². The van der Waals surface area contributed by atoms with Crippen LogP contribution in [0, 0.1) is 6.92 Å². The fourth-order valence-electron chi connectivity index (χ4n) is 3.73. The number of phenolic OH excluding ortho intramolecular Hbond substituents is 1. The smallest absolute Gasteiger partial charge is 0.143 e. The lowest BCUT2D eigenvalue weighted by atomic mass is 10.0. The average Bonchev–Trinajstić information content (AvgIpc) is 3.26. The maximum atomic E-state index is 10.6. The minimum Gasteiger partial charge on any atom is -0.506 e. The monoisotopic (exact) mass is 412 g/mol. The van der Waals surface area contributed by atoms with Crippen molar-refractivity contribution in [2.45, 2.75) is 13.3 Å². The quantitative estimate of drug-likeness (QED) is 0.502. The maximum Gasteiger partial charge on any atom is 0.143 e. The van der Waals surface area contributed by atoms with E-state index in [1.165, 1.54) is 5.57 Å². The summed E-state index contributed by atoms with van der Waals surface area (Å²) in [5.74, 6) is 0.239. The highest BCUT2D eigenvalue weighted by atomic mass is 35.5. The van der Waals surface area contributed by atoms with Crippen LogP contribution in [0.15, 0.2) is 36.5 Å². The molecule has 0 amide bonds. The van der Waals surface area contributed by atoms with Crippen LogP contribution in [0.2, 0.25) is 0 Å². The number of benzene rings is 2. The van der Waals surface area contributed by atoms with Gasteiger partial charge in [-0.3, -0.25) is 4.68 Å². The summed E-state index contributed by atoms with van der Waals surface area (Å²) in [5.41, 5.74) is 6.20. The molecule has 0 bridgehead atoms. The van der Waals surface area contributed by atoms with Crippen molar-refractivity contribution in [3.63, 3.8) is 0 Å². The van der Waals surface area contributed by atoms with Gasteiger partial charge in [-0.15, -0.1) is 23.7 Å². The zero-order chi connectivity index (χ0) is 18.5. The van der Waals surface area contributed by atoms with E-state index in [1.54, 1.807) is 11.3 Å². The first-order valence-electron chi connectivity index (χ1n) is 9.06. The number of hydrogen-bond donors (Lipinski definition) is 2. The molecule has 0 saturated carbocycles. The number of aromatic hydroxyl groups is 1. The van der Waals surface area contributed by atoms with Gasteiger partial charge in [-0.25, -0.2) is 4.98 Å². The lowest BCUT2D eigenvalue weighted by Gasteiger charge is -2.10. The van der Waals surface area contributed by atoms with Gasteiger partial charge < -0.3 is 10.4 Å². The number of halogens is 1. The molecule has 144 valence electrons. The fraction of sp³-hybridized carbons (Fsp3) is 0.238. The number of fused-ring (bicyclic) bond motifs is 2. The molecule has 4 aromatic rings. The fourth-order valence-corrected chi connectivity index (χ4v) is 4.82. The summed E-state index contributed by atoms with van der Waals surface area (Å²) in [7, 11) is 1.94. The molecule has 0 fully saturated rings. The lowest BCUT2D eigenvalue weighted by molar-refractivity contribution is 0.481. The second-order valence-electron chi connectivity index (χ2n) is 7.08. The number of aryl methyl sites for hydroxylation is 2. The van der Waals surface area contributed by atoms with E-state index in [9.17, 15) is 5.11 Å². The highest BCUT2D eigenvalue weighted by Crippen LogP contribution is 2.38. The first kappa shape index (κ1) is 18.9. The Kier molecular flexibility index (Phi) is 4.87. The molecule has 1 aliphatic rings. The van der Waals surface area contributed by atoms with Gasteiger partial charge in [-0.2, -0.15) is 5.10 Å². The van der Waals surface area contributed by atoms with Crippen LogP contribution in [0.25, 0.3) is 37.8 Å². The number of thiazole rings is 1. The summed E-state index contributed by atoms with van der Waals surface area (Å²) in [5, 5.41) is 20.6. The Balaban J connectivity index is 0.00000192. The second-order valence-corrected chi connectivity index (χ2v) is 8.11. The van der Waals surface area contributed by atoms with Crippen molar-refractivity contribution in [3.8, 4) is 16.9 Å². The molecule has 0 radical (unpaired) electrons. The van der Waals surface area contributed by atoms with Crippen molar-refractivity contribution < 1.29 is 5.11 Å². The molecule has 2 N–H and O–H groups in total. The molecular weight excluding hydrogens is 392 g/mol. The van der Waals surface area contributed by atoms with Gasteiger partial charge in [-0.1, -0.05) is 6.08 Å². The summed E-state index contributed by atoms with van der Waals surface area (Å²) in [6.45, 7) is 3.93. The number of hydrogen-bond acceptors (Lipinski definition) is 5. The topological polar surface area (TPSA) is 63.0 Å². The summed E-state index contributed by atoms with van der Waals surface area (Å²) in [4.78, 5) is 4.70. The molecule has 5 rings (SSSR count). The third-order valence-electron chi connectivity index (χ3n) is 5.06. The molecular formula is C21H21ClN4OS. The van der Waals surface area contributed by atoms with Crippen molar-refractivity contribution in [2.75, 3.05) is 13.1 Å². The molecule has 0 aliphatic carbocycles. The summed E-state index contributed by atoms with van der Waals surface area (Å²) in [6.07, 6.45) is 5.20. The minimum absolute atomic E-state index is 0. The second kappa shape index (κ2) is 7.20. The Morgan fingerprint density at radius 3 is 2.75 bits per heavy atom. The van der Waals surface area contributed by atoms with E-state index in [1.807, 2.05) is 24.0 Å². The molecule has 2 aromatic heterocycles. The van der Waals surface area contributed by atoms with Gasteiger partial charge in [0, 0.05) is 25.2 Å². The number of rotatable bonds is 2. The van der Waals surface area contributed by atoms with Crippen molar-refractivity contribution in [3.05, 3.63) is 47.1 Å². The van der Waals surface area contributed by atoms with Crippen LogP contribution in [-0.2, 0) is 7.05 Å². The SMILES string of the molecule is Cc1cc(-c2cc(O)c3nc(C4=CCNCC4)sc3c2)cc2cn(C)nc12.Cl. The third-order valence-corrected chi connectivity index (χ3v) is 6.14. The van der Waals surface area contributed by atoms with Crippen LogP contribution >= 0.6 is 23.7 Å². The van der Waals surface area contributed by atoms with E-state index in [4.69, 9.17) is 4.98 Å². The van der Waals surface area contributed by atoms with Crippen LogP contribution in [0.3, 0.4) is 0 Å². The van der Waals surface area contributed by atoms with Gasteiger partial charge >= 0.3 is 0 Å². The number of aromatic nitrogens is 3. The van der Waals surface area contributed by atoms with Crippen molar-refractivity contribution in [1.82, 2.24) is 20.1 Å². The highest BCUT2D eigenvalue weighted by molar-refractivity contribution is 7.19. The van der Waals surface area contributed by atoms with Crippen molar-refractivity contribution >= 4 is 50.4 Å². The molecule has 3 heterocycles. The van der Waals surface area contributed by atoms with E-state index in [-0.39, 0.29) is 18.2 Å². The van der Waals surface area contributed by atoms with Gasteiger partial charge in [-0.05, 0) is 66.4 Å². The minimum atomic E-state index is 0. The van der Waals surface area contributed by atoms with Gasteiger partial charge in [0.2, 0.25) is 0 Å². The average molecular weight is 413 g/mol. The molecule has 2 aromatic carbocycles. The summed E-state index contributed by atoms with van der Waals surface area (Å²) >= 11 is 1.66. The van der Waals surface area contributed by atoms with Crippen LogP contribution < -0.4 is 5.32 Å². The Hall–Kier alpha value is -2.41. The summed E-state index contributed by atoms with van der Waals surface area (Å²) in [6, 6.07) is 8.22. The van der Waals surface area contributed by atoms with Crippen LogP contribution in [-0.4, -0.2) is 33.0 Å². The molecule has 0 spiro atoms. The van der Waals surface area contributed by atoms with Gasteiger partial charge in [0.1, 0.15) is 16.3 Å². The highest BCUT2D eigenvalue weighted by Gasteiger charge is 2.15. The van der Waals surface area contributed by atoms with Gasteiger partial charge in [0.15, 0.2) is 0 Å². The first-order valence-corrected chi connectivity index (χ1v) is 9.88. The molecule has 7 heteroatoms. The molecule has 0 atom stereocenters. The normalized spacial score (nSPS) is 14.3. The predicted molar refractivity (Wildman–Crippen MR) is 118 cm³/mol. The summed E-state index contributed by atoms with van der Waals surface area (Å²) < 4.78 is 2.85.